The number of esters is 1. The standard InChI is InChI=1S/C21H22BrN3O3/c1-5-6-15(17-9-13-7-8-19(22)25-20(13)24-17)23-16-10-14(21(26)28-4)11-18(27-3)12(16)2/h7-11H,5-6H2,1-4H3,(H,24,25). The van der Waals surface area contributed by atoms with Gasteiger partial charge in [-0.1, -0.05) is 13.3 Å². The predicted octanol–water partition coefficient (Wildman–Crippen LogP) is 5.35. The maximum atomic E-state index is 12.0. The van der Waals surface area contributed by atoms with Crippen molar-refractivity contribution in [2.45, 2.75) is 26.7 Å². The number of ether oxygens (including phenoxy) is 2. The lowest BCUT2D eigenvalue weighted by Crippen LogP contribution is -2.04. The molecule has 3 rings (SSSR count). The molecular weight excluding hydrogens is 422 g/mol. The second-order valence-electron chi connectivity index (χ2n) is 6.38. The number of rotatable bonds is 6. The van der Waals surface area contributed by atoms with Crippen LogP contribution in [0.3, 0.4) is 0 Å². The summed E-state index contributed by atoms with van der Waals surface area (Å²) < 4.78 is 11.1. The van der Waals surface area contributed by atoms with Crippen LogP contribution in [0.5, 0.6) is 5.75 Å². The van der Waals surface area contributed by atoms with Gasteiger partial charge in [-0.25, -0.2) is 9.78 Å². The number of aromatic nitrogens is 2. The van der Waals surface area contributed by atoms with Crippen molar-refractivity contribution in [3.63, 3.8) is 0 Å². The van der Waals surface area contributed by atoms with E-state index < -0.39 is 5.97 Å². The molecule has 0 fully saturated rings. The van der Waals surface area contributed by atoms with Crippen LogP contribution in [0.15, 0.2) is 39.9 Å². The molecule has 0 unspecified atom stereocenters. The number of fused-ring (bicyclic) bond motifs is 1. The summed E-state index contributed by atoms with van der Waals surface area (Å²) in [6.07, 6.45) is 1.70. The van der Waals surface area contributed by atoms with E-state index in [1.807, 2.05) is 25.1 Å². The number of aromatic amines is 1. The number of carbonyl (C=O) groups is 1. The monoisotopic (exact) mass is 443 g/mol. The van der Waals surface area contributed by atoms with Gasteiger partial charge in [0.25, 0.3) is 0 Å². The van der Waals surface area contributed by atoms with Crippen LogP contribution >= 0.6 is 15.9 Å². The van der Waals surface area contributed by atoms with E-state index in [1.165, 1.54) is 7.11 Å². The summed E-state index contributed by atoms with van der Waals surface area (Å²) in [6, 6.07) is 9.36. The summed E-state index contributed by atoms with van der Waals surface area (Å²) in [5, 5.41) is 1.01. The van der Waals surface area contributed by atoms with Crippen molar-refractivity contribution >= 4 is 44.3 Å². The molecule has 146 valence electrons. The lowest BCUT2D eigenvalue weighted by atomic mass is 10.1. The Morgan fingerprint density at radius 3 is 2.71 bits per heavy atom. The second-order valence-corrected chi connectivity index (χ2v) is 7.19. The first-order valence-corrected chi connectivity index (χ1v) is 9.76. The van der Waals surface area contributed by atoms with Gasteiger partial charge in [-0.15, -0.1) is 0 Å². The smallest absolute Gasteiger partial charge is 0.338 e. The first-order chi connectivity index (χ1) is 13.5. The summed E-state index contributed by atoms with van der Waals surface area (Å²) in [5.41, 5.74) is 4.54. The number of hydrogen-bond acceptors (Lipinski definition) is 5. The van der Waals surface area contributed by atoms with E-state index in [0.717, 1.165) is 45.4 Å². The number of benzene rings is 1. The molecule has 28 heavy (non-hydrogen) atoms. The highest BCUT2D eigenvalue weighted by molar-refractivity contribution is 9.10. The third-order valence-corrected chi connectivity index (χ3v) is 4.91. The van der Waals surface area contributed by atoms with Crippen LogP contribution < -0.4 is 4.74 Å². The minimum atomic E-state index is -0.425. The number of pyridine rings is 1. The van der Waals surface area contributed by atoms with Gasteiger partial charge in [-0.3, -0.25) is 4.99 Å². The molecule has 1 aromatic carbocycles. The zero-order valence-electron chi connectivity index (χ0n) is 16.3. The highest BCUT2D eigenvalue weighted by Crippen LogP contribution is 2.31. The molecule has 0 amide bonds. The van der Waals surface area contributed by atoms with Crippen LogP contribution in [-0.4, -0.2) is 35.9 Å². The summed E-state index contributed by atoms with van der Waals surface area (Å²) in [6.45, 7) is 4.03. The number of H-pyrrole nitrogens is 1. The van der Waals surface area contributed by atoms with Gasteiger partial charge in [0, 0.05) is 10.9 Å². The zero-order valence-corrected chi connectivity index (χ0v) is 17.9. The van der Waals surface area contributed by atoms with Crippen LogP contribution in [0.4, 0.5) is 5.69 Å². The SMILES string of the molecule is CCCC(=Nc1cc(C(=O)OC)cc(OC)c1C)c1cc2ccc(Br)nc2[nH]1. The Morgan fingerprint density at radius 1 is 1.25 bits per heavy atom. The highest BCUT2D eigenvalue weighted by Gasteiger charge is 2.15. The van der Waals surface area contributed by atoms with Gasteiger partial charge in [0.15, 0.2) is 0 Å². The van der Waals surface area contributed by atoms with Crippen molar-refractivity contribution in [2.75, 3.05) is 14.2 Å². The fraction of sp³-hybridized carbons (Fsp3) is 0.286. The molecule has 7 heteroatoms. The third-order valence-electron chi connectivity index (χ3n) is 4.47. The highest BCUT2D eigenvalue weighted by atomic mass is 79.9. The van der Waals surface area contributed by atoms with Crippen LogP contribution in [0, 0.1) is 6.92 Å². The Labute approximate surface area is 172 Å². The molecule has 0 saturated heterocycles. The van der Waals surface area contributed by atoms with Gasteiger partial charge >= 0.3 is 5.97 Å². The maximum Gasteiger partial charge on any atom is 0.338 e. The van der Waals surface area contributed by atoms with E-state index in [0.29, 0.717) is 17.0 Å². The fourth-order valence-corrected chi connectivity index (χ4v) is 3.32. The molecule has 0 saturated carbocycles. The fourth-order valence-electron chi connectivity index (χ4n) is 3.01. The molecule has 0 aliphatic carbocycles. The lowest BCUT2D eigenvalue weighted by molar-refractivity contribution is 0.0600. The van der Waals surface area contributed by atoms with E-state index in [9.17, 15) is 4.79 Å². The van der Waals surface area contributed by atoms with Gasteiger partial charge in [0.05, 0.1) is 36.9 Å². The molecular formula is C21H22BrN3O3. The van der Waals surface area contributed by atoms with Gasteiger partial charge in [-0.2, -0.15) is 0 Å². The van der Waals surface area contributed by atoms with Crippen molar-refractivity contribution in [1.29, 1.82) is 0 Å². The van der Waals surface area contributed by atoms with Crippen LogP contribution in [-0.2, 0) is 4.74 Å². The summed E-state index contributed by atoms with van der Waals surface area (Å²) >= 11 is 3.40. The third kappa shape index (κ3) is 4.09. The number of aliphatic imine (C=N–C) groups is 1. The molecule has 0 spiro atoms. The Morgan fingerprint density at radius 2 is 2.04 bits per heavy atom. The molecule has 0 atom stereocenters. The summed E-state index contributed by atoms with van der Waals surface area (Å²) in [4.78, 5) is 24.7. The van der Waals surface area contributed by atoms with E-state index in [1.54, 1.807) is 19.2 Å². The molecule has 2 heterocycles. The van der Waals surface area contributed by atoms with Gasteiger partial charge in [-0.05, 0) is 59.6 Å². The minimum absolute atomic E-state index is 0.404. The molecule has 0 radical (unpaired) electrons. The molecule has 0 aliphatic rings. The predicted molar refractivity (Wildman–Crippen MR) is 114 cm³/mol. The van der Waals surface area contributed by atoms with E-state index in [2.05, 4.69) is 32.8 Å². The lowest BCUT2D eigenvalue weighted by Gasteiger charge is -2.11. The Balaban J connectivity index is 2.14. The quantitative estimate of drug-likeness (QED) is 0.316. The van der Waals surface area contributed by atoms with Crippen molar-refractivity contribution in [3.8, 4) is 5.75 Å². The zero-order chi connectivity index (χ0) is 20.3. The molecule has 2 aromatic heterocycles. The average molecular weight is 444 g/mol. The van der Waals surface area contributed by atoms with Crippen molar-refractivity contribution < 1.29 is 14.3 Å². The van der Waals surface area contributed by atoms with Crippen LogP contribution in [0.1, 0.15) is 41.4 Å². The van der Waals surface area contributed by atoms with Gasteiger partial charge < -0.3 is 14.5 Å². The maximum absolute atomic E-state index is 12.0. The number of halogens is 1. The van der Waals surface area contributed by atoms with Crippen molar-refractivity contribution in [2.24, 2.45) is 4.99 Å². The molecule has 0 bridgehead atoms. The first-order valence-electron chi connectivity index (χ1n) is 8.97. The molecule has 0 aliphatic heterocycles. The number of nitrogens with one attached hydrogen (secondary N) is 1. The van der Waals surface area contributed by atoms with E-state index in [-0.39, 0.29) is 0 Å². The normalized spacial score (nSPS) is 11.7. The Bertz CT molecular complexity index is 1060. The molecule has 6 nitrogen and oxygen atoms in total. The summed E-state index contributed by atoms with van der Waals surface area (Å²) in [7, 11) is 2.93. The topological polar surface area (TPSA) is 76.6 Å². The van der Waals surface area contributed by atoms with Crippen molar-refractivity contribution in [1.82, 2.24) is 9.97 Å². The Hall–Kier alpha value is -2.67. The van der Waals surface area contributed by atoms with E-state index >= 15 is 0 Å². The molecule has 3 aromatic rings. The van der Waals surface area contributed by atoms with E-state index in [4.69, 9.17) is 14.5 Å². The number of hydrogen-bond donors (Lipinski definition) is 1. The summed E-state index contributed by atoms with van der Waals surface area (Å²) in [5.74, 6) is 0.172. The van der Waals surface area contributed by atoms with Crippen molar-refractivity contribution in [3.05, 3.63) is 51.8 Å². The minimum Gasteiger partial charge on any atom is -0.496 e. The Kier molecular flexibility index (Phi) is 6.14. The van der Waals surface area contributed by atoms with Gasteiger partial charge in [0.2, 0.25) is 0 Å². The molecule has 1 N–H and O–H groups in total. The second kappa shape index (κ2) is 8.56. The van der Waals surface area contributed by atoms with Crippen LogP contribution in [0.25, 0.3) is 11.0 Å². The van der Waals surface area contributed by atoms with Gasteiger partial charge in [0.1, 0.15) is 16.0 Å². The average Bonchev–Trinajstić information content (AvgIpc) is 3.11. The largest absolute Gasteiger partial charge is 0.496 e. The number of methoxy groups -OCH3 is 2. The number of carbonyl (C=O) groups excluding carboxylic acids is 1. The number of nitrogens with zero attached hydrogens (tertiary/aromatic N) is 2. The van der Waals surface area contributed by atoms with Crippen LogP contribution in [0.2, 0.25) is 0 Å². The first kappa shape index (κ1) is 20.1.